The highest BCUT2D eigenvalue weighted by molar-refractivity contribution is 14.1. The van der Waals surface area contributed by atoms with Gasteiger partial charge in [0.05, 0.1) is 8.04 Å². The van der Waals surface area contributed by atoms with E-state index in [0.29, 0.717) is 0 Å². The highest BCUT2D eigenvalue weighted by Gasteiger charge is 2.33. The van der Waals surface area contributed by atoms with E-state index in [4.69, 9.17) is 0 Å². The van der Waals surface area contributed by atoms with Gasteiger partial charge in [-0.25, -0.2) is 4.39 Å². The van der Waals surface area contributed by atoms with E-state index in [1.165, 1.54) is 12.1 Å². The van der Waals surface area contributed by atoms with Crippen molar-refractivity contribution in [1.29, 1.82) is 0 Å². The number of alkyl halides is 3. The molecule has 0 aliphatic rings. The summed E-state index contributed by atoms with van der Waals surface area (Å²) in [4.78, 5) is 0. The summed E-state index contributed by atoms with van der Waals surface area (Å²) >= 11 is 4.32. The lowest BCUT2D eigenvalue weighted by atomic mass is 10.3. The fourth-order valence-corrected chi connectivity index (χ4v) is 1.56. The molecule has 1 aromatic carbocycles. The predicted molar refractivity (Wildman–Crippen MR) is 53.5 cm³/mol. The van der Waals surface area contributed by atoms with Crippen LogP contribution in [0.1, 0.15) is 0 Å². The molecule has 1 rings (SSSR count). The Morgan fingerprint density at radius 2 is 1.86 bits per heavy atom. The maximum absolute atomic E-state index is 13.1. The first kappa shape index (κ1) is 12.0. The number of hydrogen-bond donors (Lipinski definition) is 0. The molecule has 0 N–H and O–H groups in total. The molecule has 0 aliphatic heterocycles. The zero-order valence-electron chi connectivity index (χ0n) is 6.33. The van der Waals surface area contributed by atoms with Crippen molar-refractivity contribution in [2.45, 2.75) is 6.36 Å². The molecule has 78 valence electrons. The highest BCUT2D eigenvalue weighted by atomic mass is 127. The second-order valence-electron chi connectivity index (χ2n) is 2.22. The Labute approximate surface area is 98.7 Å². The quantitative estimate of drug-likeness (QED) is 0.402. The molecule has 0 bridgehead atoms. The van der Waals surface area contributed by atoms with Crippen LogP contribution >= 0.6 is 38.5 Å². The molecule has 7 heteroatoms. The molecule has 0 aliphatic carbocycles. The fraction of sp³-hybridized carbons (Fsp3) is 0.143. The van der Waals surface area contributed by atoms with E-state index in [2.05, 4.69) is 20.7 Å². The Morgan fingerprint density at radius 3 is 2.36 bits per heavy atom. The molecule has 0 radical (unpaired) electrons. The minimum Gasteiger partial charge on any atom is -0.401 e. The Kier molecular flexibility index (Phi) is 3.62. The Morgan fingerprint density at radius 1 is 1.29 bits per heavy atom. The zero-order valence-corrected chi connectivity index (χ0v) is 10.1. The summed E-state index contributed by atoms with van der Waals surface area (Å²) in [6.07, 6.45) is -4.89. The van der Waals surface area contributed by atoms with E-state index >= 15 is 0 Å². The first-order valence-electron chi connectivity index (χ1n) is 3.20. The van der Waals surface area contributed by atoms with Crippen LogP contribution < -0.4 is 4.74 Å². The third-order valence-electron chi connectivity index (χ3n) is 1.22. The van der Waals surface area contributed by atoms with Crippen molar-refractivity contribution in [2.24, 2.45) is 0 Å². The molecule has 0 saturated carbocycles. The predicted octanol–water partition coefficient (Wildman–Crippen LogP) is 4.09. The van der Waals surface area contributed by atoms with Gasteiger partial charge >= 0.3 is 6.36 Å². The molecule has 1 aromatic rings. The summed E-state index contributed by atoms with van der Waals surface area (Å²) in [7, 11) is 0. The standard InChI is InChI=1S/C7H2BrF4IO/c8-3-1-2-4(13)6(5(3)9)14-7(10,11)12/h1-2H. The minimum absolute atomic E-state index is 0.0561. The molecule has 0 aromatic heterocycles. The number of hydrogen-bond acceptors (Lipinski definition) is 1. The molecule has 0 amide bonds. The van der Waals surface area contributed by atoms with Crippen molar-refractivity contribution in [2.75, 3.05) is 0 Å². The average molecular weight is 385 g/mol. The van der Waals surface area contributed by atoms with Crippen LogP contribution in [0, 0.1) is 9.39 Å². The lowest BCUT2D eigenvalue weighted by Crippen LogP contribution is -2.18. The van der Waals surface area contributed by atoms with Crippen LogP contribution in [0.4, 0.5) is 17.6 Å². The van der Waals surface area contributed by atoms with Crippen LogP contribution in [0.25, 0.3) is 0 Å². The van der Waals surface area contributed by atoms with E-state index < -0.39 is 17.9 Å². The van der Waals surface area contributed by atoms with Gasteiger partial charge in [0.15, 0.2) is 11.6 Å². The first-order valence-corrected chi connectivity index (χ1v) is 5.07. The van der Waals surface area contributed by atoms with Gasteiger partial charge in [0.2, 0.25) is 0 Å². The number of rotatable bonds is 1. The number of ether oxygens (including phenoxy) is 1. The molecule has 0 heterocycles. The summed E-state index contributed by atoms with van der Waals surface area (Å²) < 4.78 is 52.1. The van der Waals surface area contributed by atoms with Gasteiger partial charge in [-0.1, -0.05) is 0 Å². The van der Waals surface area contributed by atoms with Crippen LogP contribution in [-0.2, 0) is 0 Å². The third kappa shape index (κ3) is 2.97. The van der Waals surface area contributed by atoms with Crippen molar-refractivity contribution in [3.63, 3.8) is 0 Å². The van der Waals surface area contributed by atoms with Gasteiger partial charge in [0.25, 0.3) is 0 Å². The monoisotopic (exact) mass is 384 g/mol. The van der Waals surface area contributed by atoms with Crippen LogP contribution in [0.5, 0.6) is 5.75 Å². The van der Waals surface area contributed by atoms with Crippen molar-refractivity contribution in [3.8, 4) is 5.75 Å². The zero-order chi connectivity index (χ0) is 10.9. The maximum Gasteiger partial charge on any atom is 0.573 e. The largest absolute Gasteiger partial charge is 0.573 e. The van der Waals surface area contributed by atoms with E-state index in [1.54, 1.807) is 22.6 Å². The second-order valence-corrected chi connectivity index (χ2v) is 4.24. The van der Waals surface area contributed by atoms with Crippen LogP contribution in [0.3, 0.4) is 0 Å². The van der Waals surface area contributed by atoms with Gasteiger partial charge in [0, 0.05) is 0 Å². The van der Waals surface area contributed by atoms with Crippen molar-refractivity contribution >= 4 is 38.5 Å². The van der Waals surface area contributed by atoms with Crippen molar-refractivity contribution in [3.05, 3.63) is 26.0 Å². The third-order valence-corrected chi connectivity index (χ3v) is 2.68. The highest BCUT2D eigenvalue weighted by Crippen LogP contribution is 2.33. The van der Waals surface area contributed by atoms with Crippen LogP contribution in [0.15, 0.2) is 16.6 Å². The summed E-state index contributed by atoms with van der Waals surface area (Å²) in [6, 6.07) is 2.62. The second kappa shape index (κ2) is 4.21. The Balaban J connectivity index is 3.13. The van der Waals surface area contributed by atoms with Gasteiger partial charge in [-0.3, -0.25) is 0 Å². The molecule has 0 unspecified atom stereocenters. The van der Waals surface area contributed by atoms with Crippen molar-refractivity contribution in [1.82, 2.24) is 0 Å². The molecule has 0 saturated heterocycles. The van der Waals surface area contributed by atoms with Gasteiger partial charge < -0.3 is 4.74 Å². The summed E-state index contributed by atoms with van der Waals surface area (Å²) in [6.45, 7) is 0. The summed E-state index contributed by atoms with van der Waals surface area (Å²) in [5, 5.41) is 0. The molecule has 1 nitrogen and oxygen atoms in total. The maximum atomic E-state index is 13.1. The van der Waals surface area contributed by atoms with Crippen LogP contribution in [-0.4, -0.2) is 6.36 Å². The number of halogens is 6. The summed E-state index contributed by atoms with van der Waals surface area (Å²) in [5.41, 5.74) is 0. The first-order chi connectivity index (χ1) is 6.31. The van der Waals surface area contributed by atoms with E-state index in [-0.39, 0.29) is 8.04 Å². The van der Waals surface area contributed by atoms with E-state index in [0.717, 1.165) is 0 Å². The molecule has 0 atom stereocenters. The van der Waals surface area contributed by atoms with Gasteiger partial charge in [-0.05, 0) is 50.7 Å². The van der Waals surface area contributed by atoms with Gasteiger partial charge in [-0.15, -0.1) is 13.2 Å². The van der Waals surface area contributed by atoms with E-state index in [1.807, 2.05) is 0 Å². The molecular weight excluding hydrogens is 383 g/mol. The lowest BCUT2D eigenvalue weighted by Gasteiger charge is -2.11. The smallest absolute Gasteiger partial charge is 0.401 e. The average Bonchev–Trinajstić information content (AvgIpc) is 2.04. The Bertz CT molecular complexity index is 352. The van der Waals surface area contributed by atoms with E-state index in [9.17, 15) is 17.6 Å². The lowest BCUT2D eigenvalue weighted by molar-refractivity contribution is -0.276. The van der Waals surface area contributed by atoms with Gasteiger partial charge in [-0.2, -0.15) is 0 Å². The fourth-order valence-electron chi connectivity index (χ4n) is 0.718. The normalized spacial score (nSPS) is 11.6. The molecular formula is C7H2BrF4IO. The number of benzene rings is 1. The van der Waals surface area contributed by atoms with Gasteiger partial charge in [0.1, 0.15) is 0 Å². The molecule has 14 heavy (non-hydrogen) atoms. The Hall–Kier alpha value is -0.0500. The van der Waals surface area contributed by atoms with Crippen LogP contribution in [0.2, 0.25) is 0 Å². The summed E-state index contributed by atoms with van der Waals surface area (Å²) in [5.74, 6) is -1.87. The van der Waals surface area contributed by atoms with Crippen molar-refractivity contribution < 1.29 is 22.3 Å². The molecule has 0 spiro atoms. The molecule has 0 fully saturated rings. The SMILES string of the molecule is Fc1c(Br)ccc(I)c1OC(F)(F)F. The topological polar surface area (TPSA) is 9.23 Å². The minimum atomic E-state index is -4.89.